The van der Waals surface area contributed by atoms with Crippen molar-refractivity contribution in [3.8, 4) is 11.1 Å². The highest BCUT2D eigenvalue weighted by Gasteiger charge is 2.27. The van der Waals surface area contributed by atoms with Crippen molar-refractivity contribution in [3.63, 3.8) is 0 Å². The zero-order chi connectivity index (χ0) is 19.8. The van der Waals surface area contributed by atoms with Crippen LogP contribution in [0.3, 0.4) is 0 Å². The first-order valence-corrected chi connectivity index (χ1v) is 8.62. The number of rotatable bonds is 7. The zero-order valence-electron chi connectivity index (χ0n) is 15.5. The molecule has 0 saturated heterocycles. The van der Waals surface area contributed by atoms with E-state index in [1.807, 2.05) is 24.3 Å². The molecule has 2 aromatic rings. The molecule has 0 aliphatic heterocycles. The minimum absolute atomic E-state index is 0.394. The molecule has 140 valence electrons. The molecule has 27 heavy (non-hydrogen) atoms. The first kappa shape index (κ1) is 20.0. The van der Waals surface area contributed by atoms with Crippen LogP contribution in [0.15, 0.2) is 53.6 Å². The van der Waals surface area contributed by atoms with Gasteiger partial charge >= 0.3 is 5.97 Å². The van der Waals surface area contributed by atoms with E-state index in [0.717, 1.165) is 17.5 Å². The van der Waals surface area contributed by atoms with Gasteiger partial charge in [0.2, 0.25) is 0 Å². The summed E-state index contributed by atoms with van der Waals surface area (Å²) in [5.41, 5.74) is 12.3. The van der Waals surface area contributed by atoms with E-state index in [2.05, 4.69) is 39.1 Å². The lowest BCUT2D eigenvalue weighted by atomic mass is 10.0. The highest BCUT2D eigenvalue weighted by molar-refractivity contribution is 5.97. The fraction of sp³-hybridized carbons (Fsp3) is 0.300. The Kier molecular flexibility index (Phi) is 6.97. The van der Waals surface area contributed by atoms with Gasteiger partial charge in [0.15, 0.2) is 0 Å². The van der Waals surface area contributed by atoms with Crippen LogP contribution in [0, 0.1) is 0 Å². The lowest BCUT2D eigenvalue weighted by molar-refractivity contribution is -0.143. The van der Waals surface area contributed by atoms with Crippen LogP contribution < -0.4 is 5.32 Å². The molecule has 1 N–H and O–H groups in total. The predicted molar refractivity (Wildman–Crippen MR) is 103 cm³/mol. The largest absolute Gasteiger partial charge is 0.467 e. The Hall–Kier alpha value is -3.31. The van der Waals surface area contributed by atoms with Gasteiger partial charge in [-0.25, -0.2) is 4.79 Å². The van der Waals surface area contributed by atoms with Gasteiger partial charge in [0.05, 0.1) is 13.2 Å². The summed E-state index contributed by atoms with van der Waals surface area (Å²) in [5, 5.41) is 6.04. The van der Waals surface area contributed by atoms with E-state index in [0.29, 0.717) is 5.56 Å². The molecule has 0 fully saturated rings. The van der Waals surface area contributed by atoms with Gasteiger partial charge in [-0.05, 0) is 40.8 Å². The molecule has 7 heteroatoms. The average Bonchev–Trinajstić information content (AvgIpc) is 2.71. The Balaban J connectivity index is 2.15. The number of ether oxygens (including phenoxy) is 1. The molecule has 1 amide bonds. The van der Waals surface area contributed by atoms with Crippen LogP contribution in [0.25, 0.3) is 21.6 Å². The van der Waals surface area contributed by atoms with Crippen LogP contribution in [0.5, 0.6) is 0 Å². The van der Waals surface area contributed by atoms with Crippen molar-refractivity contribution in [2.75, 3.05) is 7.11 Å². The second-order valence-electron chi connectivity index (χ2n) is 6.05. The highest BCUT2D eigenvalue weighted by Crippen LogP contribution is 2.20. The first-order chi connectivity index (χ1) is 13.0. The molecular formula is C20H22N4O3. The Labute approximate surface area is 158 Å². The minimum Gasteiger partial charge on any atom is -0.467 e. The van der Waals surface area contributed by atoms with Gasteiger partial charge in [-0.2, -0.15) is 0 Å². The van der Waals surface area contributed by atoms with Gasteiger partial charge in [-0.3, -0.25) is 4.79 Å². The SMILES string of the molecule is CCc1ccc(-c2ccc(C(=O)N[C@H](C(=O)OC)C(C)N=[N+]=[N-])cc2)cc1. The van der Waals surface area contributed by atoms with Gasteiger partial charge in [-0.1, -0.05) is 55.4 Å². The van der Waals surface area contributed by atoms with E-state index < -0.39 is 24.0 Å². The van der Waals surface area contributed by atoms with Crippen molar-refractivity contribution in [1.82, 2.24) is 5.32 Å². The van der Waals surface area contributed by atoms with Crippen molar-refractivity contribution in [2.24, 2.45) is 5.11 Å². The summed E-state index contributed by atoms with van der Waals surface area (Å²) < 4.78 is 4.68. The van der Waals surface area contributed by atoms with E-state index in [-0.39, 0.29) is 0 Å². The fourth-order valence-electron chi connectivity index (χ4n) is 2.62. The summed E-state index contributed by atoms with van der Waals surface area (Å²) >= 11 is 0. The summed E-state index contributed by atoms with van der Waals surface area (Å²) in [6.07, 6.45) is 0.981. The molecule has 2 aromatic carbocycles. The Morgan fingerprint density at radius 2 is 1.67 bits per heavy atom. The molecule has 1 unspecified atom stereocenters. The molecule has 7 nitrogen and oxygen atoms in total. The maximum atomic E-state index is 12.5. The molecule has 0 aliphatic rings. The predicted octanol–water partition coefficient (Wildman–Crippen LogP) is 3.89. The Bertz CT molecular complexity index is 841. The van der Waals surface area contributed by atoms with Crippen molar-refractivity contribution >= 4 is 11.9 Å². The van der Waals surface area contributed by atoms with Crippen molar-refractivity contribution in [3.05, 3.63) is 70.1 Å². The van der Waals surface area contributed by atoms with Crippen molar-refractivity contribution < 1.29 is 14.3 Å². The number of amides is 1. The van der Waals surface area contributed by atoms with Crippen molar-refractivity contribution in [1.29, 1.82) is 0 Å². The molecule has 0 radical (unpaired) electrons. The maximum absolute atomic E-state index is 12.5. The normalized spacial score (nSPS) is 12.4. The number of aryl methyl sites for hydroxylation is 1. The summed E-state index contributed by atoms with van der Waals surface area (Å²) in [6, 6.07) is 13.5. The van der Waals surface area contributed by atoms with E-state index in [1.165, 1.54) is 19.6 Å². The number of hydrogen-bond donors (Lipinski definition) is 1. The lowest BCUT2D eigenvalue weighted by Gasteiger charge is -2.19. The monoisotopic (exact) mass is 366 g/mol. The fourth-order valence-corrected chi connectivity index (χ4v) is 2.62. The van der Waals surface area contributed by atoms with Crippen LogP contribution >= 0.6 is 0 Å². The number of carbonyl (C=O) groups excluding carboxylic acids is 2. The van der Waals surface area contributed by atoms with E-state index in [4.69, 9.17) is 5.53 Å². The third-order valence-electron chi connectivity index (χ3n) is 4.30. The van der Waals surface area contributed by atoms with Gasteiger partial charge < -0.3 is 10.1 Å². The molecule has 2 rings (SSSR count). The summed E-state index contributed by atoms with van der Waals surface area (Å²) in [7, 11) is 1.21. The van der Waals surface area contributed by atoms with Crippen molar-refractivity contribution in [2.45, 2.75) is 32.4 Å². The molecule has 0 aliphatic carbocycles. The van der Waals surface area contributed by atoms with E-state index >= 15 is 0 Å². The molecule has 0 bridgehead atoms. The van der Waals surface area contributed by atoms with Crippen LogP contribution in [-0.2, 0) is 16.0 Å². The van der Waals surface area contributed by atoms with Gasteiger partial charge in [0.1, 0.15) is 6.04 Å². The van der Waals surface area contributed by atoms with E-state index in [1.54, 1.807) is 12.1 Å². The number of nitrogens with zero attached hydrogens (tertiary/aromatic N) is 3. The second kappa shape index (κ2) is 9.40. The molecule has 0 heterocycles. The Morgan fingerprint density at radius 3 is 2.15 bits per heavy atom. The van der Waals surface area contributed by atoms with Gasteiger partial charge in [0.25, 0.3) is 5.91 Å². The first-order valence-electron chi connectivity index (χ1n) is 8.62. The second-order valence-corrected chi connectivity index (χ2v) is 6.05. The molecule has 0 aromatic heterocycles. The summed E-state index contributed by atoms with van der Waals surface area (Å²) in [6.45, 7) is 3.64. The van der Waals surface area contributed by atoms with Gasteiger partial charge in [-0.15, -0.1) is 0 Å². The number of benzene rings is 2. The smallest absolute Gasteiger partial charge is 0.328 e. The number of azide groups is 1. The minimum atomic E-state index is -1.06. The number of hydrogen-bond acceptors (Lipinski definition) is 4. The highest BCUT2D eigenvalue weighted by atomic mass is 16.5. The molecule has 0 saturated carbocycles. The lowest BCUT2D eigenvalue weighted by Crippen LogP contribution is -2.47. The molecule has 2 atom stereocenters. The third kappa shape index (κ3) is 5.09. The third-order valence-corrected chi connectivity index (χ3v) is 4.30. The standard InChI is InChI=1S/C20H22N4O3/c1-4-14-5-7-15(8-6-14)16-9-11-17(12-10-16)19(25)22-18(20(26)27-3)13(2)23-24-21/h5-13,18H,4H2,1-3H3,(H,22,25)/t13?,18-/m0/s1. The van der Waals surface area contributed by atoms with Crippen LogP contribution in [-0.4, -0.2) is 31.1 Å². The molecule has 0 spiro atoms. The number of esters is 1. The van der Waals surface area contributed by atoms with E-state index in [9.17, 15) is 9.59 Å². The summed E-state index contributed by atoms with van der Waals surface area (Å²) in [5.74, 6) is -1.12. The maximum Gasteiger partial charge on any atom is 0.328 e. The zero-order valence-corrected chi connectivity index (χ0v) is 15.5. The van der Waals surface area contributed by atoms with Crippen LogP contribution in [0.2, 0.25) is 0 Å². The van der Waals surface area contributed by atoms with Crippen LogP contribution in [0.4, 0.5) is 0 Å². The number of methoxy groups -OCH3 is 1. The number of nitrogens with one attached hydrogen (secondary N) is 1. The quantitative estimate of drug-likeness (QED) is 0.348. The number of carbonyl (C=O) groups is 2. The van der Waals surface area contributed by atoms with Crippen LogP contribution in [0.1, 0.15) is 29.8 Å². The summed E-state index contributed by atoms with van der Waals surface area (Å²) in [4.78, 5) is 27.0. The van der Waals surface area contributed by atoms with Gasteiger partial charge in [0, 0.05) is 10.5 Å². The molecular weight excluding hydrogens is 344 g/mol. The Morgan fingerprint density at radius 1 is 1.11 bits per heavy atom. The topological polar surface area (TPSA) is 104 Å². The average molecular weight is 366 g/mol.